The van der Waals surface area contributed by atoms with Gasteiger partial charge in [-0.2, -0.15) is 0 Å². The maximum atomic E-state index is 14.6. The Kier molecular flexibility index (Phi) is 6.62. The van der Waals surface area contributed by atoms with Crippen LogP contribution in [-0.4, -0.2) is 47.7 Å². The Hall–Kier alpha value is -2.65. The number of carbonyl (C=O) groups is 2. The monoisotopic (exact) mass is 453 g/mol. The van der Waals surface area contributed by atoms with Crippen LogP contribution in [0.4, 0.5) is 8.78 Å². The third kappa shape index (κ3) is 4.57. The molecule has 0 aliphatic carbocycles. The molecule has 6 nitrogen and oxygen atoms in total. The van der Waals surface area contributed by atoms with E-state index in [1.54, 1.807) is 12.1 Å². The van der Waals surface area contributed by atoms with Crippen LogP contribution < -0.4 is 10.5 Å². The first-order valence-corrected chi connectivity index (χ1v) is 10.2. The molecular weight excluding hydrogens is 436 g/mol. The molecule has 0 fully saturated rings. The molecule has 2 N–H and O–H groups in total. The number of hydrogen-bond donors (Lipinski definition) is 1. The Labute approximate surface area is 181 Å². The minimum atomic E-state index is -1.28. The van der Waals surface area contributed by atoms with Crippen LogP contribution in [0.3, 0.4) is 0 Å². The first-order valence-electron chi connectivity index (χ1n) is 8.80. The topological polar surface area (TPSA) is 85.0 Å². The molecule has 1 aliphatic heterocycles. The van der Waals surface area contributed by atoms with E-state index in [0.717, 1.165) is 17.7 Å². The van der Waals surface area contributed by atoms with E-state index in [9.17, 15) is 18.4 Å². The maximum Gasteiger partial charge on any atom is 0.270 e. The number of rotatable bonds is 6. The van der Waals surface area contributed by atoms with Crippen LogP contribution in [-0.2, 0) is 4.79 Å². The molecule has 0 radical (unpaired) electrons. The second-order valence-electron chi connectivity index (χ2n) is 6.68. The number of nitrogens with zero attached hydrogens (tertiary/aromatic N) is 2. The highest BCUT2D eigenvalue weighted by Gasteiger charge is 2.34. The number of thioether (sulfide) groups is 1. The zero-order valence-electron chi connectivity index (χ0n) is 16.1. The molecule has 1 heterocycles. The predicted molar refractivity (Wildman–Crippen MR) is 112 cm³/mol. The van der Waals surface area contributed by atoms with Gasteiger partial charge in [0.2, 0.25) is 6.10 Å². The van der Waals surface area contributed by atoms with E-state index in [4.69, 9.17) is 22.1 Å². The Morgan fingerprint density at radius 3 is 2.50 bits per heavy atom. The van der Waals surface area contributed by atoms with Gasteiger partial charge in [-0.1, -0.05) is 23.7 Å². The van der Waals surface area contributed by atoms with E-state index in [1.807, 2.05) is 12.1 Å². The lowest BCUT2D eigenvalue weighted by molar-refractivity contribution is -0.133. The van der Waals surface area contributed by atoms with Gasteiger partial charge in [-0.25, -0.2) is 8.78 Å². The molecule has 0 bridgehead atoms. The van der Waals surface area contributed by atoms with E-state index in [-0.39, 0.29) is 6.04 Å². The molecule has 0 saturated heterocycles. The summed E-state index contributed by atoms with van der Waals surface area (Å²) in [6.07, 6.45) is -1.26. The van der Waals surface area contributed by atoms with Crippen molar-refractivity contribution in [3.8, 4) is 5.75 Å². The average molecular weight is 454 g/mol. The number of likely N-dealkylation sites (N-methyl/N-ethyl adjacent to an activating group) is 1. The molecular formula is C20H18ClF2N3O3S. The fourth-order valence-corrected chi connectivity index (χ4v) is 4.03. The van der Waals surface area contributed by atoms with Crippen molar-refractivity contribution < 1.29 is 23.1 Å². The molecule has 0 aromatic heterocycles. The van der Waals surface area contributed by atoms with Gasteiger partial charge in [0.05, 0.1) is 6.04 Å². The van der Waals surface area contributed by atoms with Crippen molar-refractivity contribution >= 4 is 40.2 Å². The number of benzene rings is 2. The van der Waals surface area contributed by atoms with Gasteiger partial charge in [0.25, 0.3) is 11.8 Å². The van der Waals surface area contributed by atoms with Gasteiger partial charge in [-0.15, -0.1) is 11.8 Å². The molecule has 1 aliphatic rings. The Bertz CT molecular complexity index is 1020. The Balaban J connectivity index is 1.94. The zero-order chi connectivity index (χ0) is 22.0. The molecule has 158 valence electrons. The summed E-state index contributed by atoms with van der Waals surface area (Å²) in [5.41, 5.74) is 5.03. The fourth-order valence-electron chi connectivity index (χ4n) is 2.81. The standard InChI is InChI=1S/C20H18ClF2N3O3S/c1-26(2)20(28)17(29-14-8-7-12(22)15(16(14)23)18(24)27)19-25-13(9-30-19)10-3-5-11(21)6-4-10/h3-8,13,17H,9H2,1-2H3,(H2,24,27). The summed E-state index contributed by atoms with van der Waals surface area (Å²) in [6.45, 7) is 0. The van der Waals surface area contributed by atoms with Crippen LogP contribution in [0.25, 0.3) is 0 Å². The van der Waals surface area contributed by atoms with Crippen LogP contribution >= 0.6 is 23.4 Å². The quantitative estimate of drug-likeness (QED) is 0.726. The molecule has 0 spiro atoms. The summed E-state index contributed by atoms with van der Waals surface area (Å²) in [6, 6.07) is 8.79. The summed E-state index contributed by atoms with van der Waals surface area (Å²) in [7, 11) is 3.04. The molecule has 2 aromatic rings. The number of primary amides is 1. The van der Waals surface area contributed by atoms with Crippen LogP contribution in [0.1, 0.15) is 22.0 Å². The lowest BCUT2D eigenvalue weighted by atomic mass is 10.1. The highest BCUT2D eigenvalue weighted by atomic mass is 35.5. The van der Waals surface area contributed by atoms with Gasteiger partial charge in [0.15, 0.2) is 11.6 Å². The number of nitrogens with two attached hydrogens (primary N) is 1. The highest BCUT2D eigenvalue weighted by Crippen LogP contribution is 2.34. The number of ether oxygens (including phenoxy) is 1. The van der Waals surface area contributed by atoms with E-state index in [1.165, 1.54) is 30.8 Å². The summed E-state index contributed by atoms with van der Waals surface area (Å²) in [5.74, 6) is -4.06. The van der Waals surface area contributed by atoms with E-state index < -0.39 is 40.9 Å². The molecule has 3 rings (SSSR count). The first-order chi connectivity index (χ1) is 14.2. The summed E-state index contributed by atoms with van der Waals surface area (Å²) < 4.78 is 34.0. The number of aliphatic imine (C=N–C) groups is 1. The largest absolute Gasteiger partial charge is 0.471 e. The molecule has 2 atom stereocenters. The lowest BCUT2D eigenvalue weighted by Crippen LogP contribution is -2.42. The maximum absolute atomic E-state index is 14.6. The molecule has 2 unspecified atom stereocenters. The number of carbonyl (C=O) groups excluding carboxylic acids is 2. The molecule has 0 saturated carbocycles. The fraction of sp³-hybridized carbons (Fsp3) is 0.250. The van der Waals surface area contributed by atoms with Gasteiger partial charge < -0.3 is 15.4 Å². The third-order valence-corrected chi connectivity index (χ3v) is 5.71. The van der Waals surface area contributed by atoms with Gasteiger partial charge in [-0.3, -0.25) is 14.6 Å². The number of hydrogen-bond acceptors (Lipinski definition) is 5. The third-order valence-electron chi connectivity index (χ3n) is 4.36. The second kappa shape index (κ2) is 9.01. The van der Waals surface area contributed by atoms with Crippen LogP contribution in [0.15, 0.2) is 41.4 Å². The van der Waals surface area contributed by atoms with Crippen molar-refractivity contribution in [2.45, 2.75) is 12.1 Å². The SMILES string of the molecule is CN(C)C(=O)C(Oc1ccc(F)c(C(N)=O)c1F)C1=NC(c2ccc(Cl)cc2)CS1. The van der Waals surface area contributed by atoms with Crippen molar-refractivity contribution in [3.05, 3.63) is 64.2 Å². The smallest absolute Gasteiger partial charge is 0.270 e. The molecule has 2 amide bonds. The summed E-state index contributed by atoms with van der Waals surface area (Å²) in [5, 5.41) is 0.938. The Morgan fingerprint density at radius 1 is 1.23 bits per heavy atom. The minimum Gasteiger partial charge on any atom is -0.471 e. The average Bonchev–Trinajstić information content (AvgIpc) is 3.17. The second-order valence-corrected chi connectivity index (χ2v) is 8.15. The molecule has 10 heteroatoms. The van der Waals surface area contributed by atoms with E-state index in [2.05, 4.69) is 4.99 Å². The molecule has 30 heavy (non-hydrogen) atoms. The summed E-state index contributed by atoms with van der Waals surface area (Å²) >= 11 is 7.22. The van der Waals surface area contributed by atoms with Crippen LogP contribution in [0.2, 0.25) is 5.02 Å². The molecule has 2 aromatic carbocycles. The van der Waals surface area contributed by atoms with Gasteiger partial charge in [-0.05, 0) is 29.8 Å². The van der Waals surface area contributed by atoms with Crippen molar-refractivity contribution in [2.75, 3.05) is 19.8 Å². The summed E-state index contributed by atoms with van der Waals surface area (Å²) in [4.78, 5) is 29.9. The number of halogens is 3. The van der Waals surface area contributed by atoms with E-state index in [0.29, 0.717) is 15.8 Å². The van der Waals surface area contributed by atoms with Gasteiger partial charge in [0, 0.05) is 24.9 Å². The highest BCUT2D eigenvalue weighted by molar-refractivity contribution is 8.14. The van der Waals surface area contributed by atoms with Crippen molar-refractivity contribution in [1.82, 2.24) is 4.90 Å². The van der Waals surface area contributed by atoms with Crippen LogP contribution in [0.5, 0.6) is 5.75 Å². The van der Waals surface area contributed by atoms with Crippen molar-refractivity contribution in [2.24, 2.45) is 10.7 Å². The van der Waals surface area contributed by atoms with E-state index >= 15 is 0 Å². The zero-order valence-corrected chi connectivity index (χ0v) is 17.6. The lowest BCUT2D eigenvalue weighted by Gasteiger charge is -2.22. The first kappa shape index (κ1) is 22.0. The van der Waals surface area contributed by atoms with Crippen LogP contribution in [0, 0.1) is 11.6 Å². The van der Waals surface area contributed by atoms with Gasteiger partial charge in [0.1, 0.15) is 16.4 Å². The normalized spacial score (nSPS) is 16.7. The van der Waals surface area contributed by atoms with Crippen molar-refractivity contribution in [1.29, 1.82) is 0 Å². The van der Waals surface area contributed by atoms with Gasteiger partial charge >= 0.3 is 0 Å². The minimum absolute atomic E-state index is 0.234. The predicted octanol–water partition coefficient (Wildman–Crippen LogP) is 3.44. The van der Waals surface area contributed by atoms with Crippen molar-refractivity contribution in [3.63, 3.8) is 0 Å². The number of amides is 2. The Morgan fingerprint density at radius 2 is 1.90 bits per heavy atom.